The molecule has 18 heavy (non-hydrogen) atoms. The van der Waals surface area contributed by atoms with Crippen molar-refractivity contribution in [3.05, 3.63) is 0 Å². The van der Waals surface area contributed by atoms with E-state index in [2.05, 4.69) is 5.32 Å². The van der Waals surface area contributed by atoms with Crippen molar-refractivity contribution in [1.29, 1.82) is 0 Å². The topological polar surface area (TPSA) is 61.9 Å². The normalized spacial score (nSPS) is 16.7. The van der Waals surface area contributed by atoms with E-state index in [0.29, 0.717) is 25.7 Å². The second-order valence-corrected chi connectivity index (χ2v) is 6.87. The molecule has 1 fully saturated rings. The highest BCUT2D eigenvalue weighted by molar-refractivity contribution is 7.86. The first-order valence-electron chi connectivity index (χ1n) is 6.38. The van der Waals surface area contributed by atoms with Gasteiger partial charge in [-0.15, -0.1) is 0 Å². The minimum absolute atomic E-state index is 0.378. The summed E-state index contributed by atoms with van der Waals surface area (Å²) in [6.07, 6.45) is 3.35. The van der Waals surface area contributed by atoms with Crippen LogP contribution in [0.3, 0.4) is 0 Å². The maximum Gasteiger partial charge on any atom is 0.281 e. The highest BCUT2D eigenvalue weighted by Gasteiger charge is 2.23. The van der Waals surface area contributed by atoms with Gasteiger partial charge in [-0.3, -0.25) is 0 Å². The molecule has 0 bridgehead atoms. The Hall–Kier alpha value is -0.210. The molecule has 1 rings (SSSR count). The number of methoxy groups -OCH3 is 1. The molecule has 0 aromatic rings. The van der Waals surface area contributed by atoms with Gasteiger partial charge in [-0.25, -0.2) is 0 Å². The standard InChI is InChI=1S/C11H25N3O3S/c1-13(8-4-7-12-11-5-6-11)18(15,16)14(2)9-10-17-3/h11-12H,4-10H2,1-3H3. The van der Waals surface area contributed by atoms with E-state index in [1.54, 1.807) is 21.2 Å². The molecule has 1 N–H and O–H groups in total. The smallest absolute Gasteiger partial charge is 0.281 e. The van der Waals surface area contributed by atoms with Crippen LogP contribution in [0.25, 0.3) is 0 Å². The van der Waals surface area contributed by atoms with Crippen molar-refractivity contribution >= 4 is 10.2 Å². The van der Waals surface area contributed by atoms with Gasteiger partial charge in [0.1, 0.15) is 0 Å². The molecule has 0 aromatic heterocycles. The van der Waals surface area contributed by atoms with E-state index in [1.165, 1.54) is 21.5 Å². The van der Waals surface area contributed by atoms with E-state index < -0.39 is 10.2 Å². The summed E-state index contributed by atoms with van der Waals surface area (Å²) in [7, 11) is 1.42. The fraction of sp³-hybridized carbons (Fsp3) is 1.00. The van der Waals surface area contributed by atoms with Gasteiger partial charge < -0.3 is 10.1 Å². The largest absolute Gasteiger partial charge is 0.383 e. The Morgan fingerprint density at radius 2 is 1.83 bits per heavy atom. The van der Waals surface area contributed by atoms with Crippen molar-refractivity contribution in [1.82, 2.24) is 13.9 Å². The summed E-state index contributed by atoms with van der Waals surface area (Å²) < 4.78 is 31.7. The highest BCUT2D eigenvalue weighted by atomic mass is 32.2. The fourth-order valence-electron chi connectivity index (χ4n) is 1.58. The van der Waals surface area contributed by atoms with Crippen LogP contribution in [0.1, 0.15) is 19.3 Å². The van der Waals surface area contributed by atoms with Gasteiger partial charge in [0.15, 0.2) is 0 Å². The van der Waals surface area contributed by atoms with E-state index >= 15 is 0 Å². The summed E-state index contributed by atoms with van der Waals surface area (Å²) in [6.45, 7) is 2.21. The molecule has 0 radical (unpaired) electrons. The number of hydrogen-bond acceptors (Lipinski definition) is 4. The Balaban J connectivity index is 2.25. The third-order valence-corrected chi connectivity index (χ3v) is 5.00. The monoisotopic (exact) mass is 279 g/mol. The van der Waals surface area contributed by atoms with Gasteiger partial charge in [-0.1, -0.05) is 0 Å². The van der Waals surface area contributed by atoms with E-state index in [-0.39, 0.29) is 0 Å². The zero-order chi connectivity index (χ0) is 13.6. The lowest BCUT2D eigenvalue weighted by atomic mass is 10.4. The van der Waals surface area contributed by atoms with Crippen molar-refractivity contribution in [2.75, 3.05) is 47.4 Å². The zero-order valence-electron chi connectivity index (χ0n) is 11.6. The van der Waals surface area contributed by atoms with Crippen LogP contribution >= 0.6 is 0 Å². The van der Waals surface area contributed by atoms with Crippen LogP contribution in [0.5, 0.6) is 0 Å². The summed E-state index contributed by atoms with van der Waals surface area (Å²) in [5.41, 5.74) is 0. The van der Waals surface area contributed by atoms with Crippen molar-refractivity contribution < 1.29 is 13.2 Å². The van der Waals surface area contributed by atoms with Crippen LogP contribution in [0.2, 0.25) is 0 Å². The second-order valence-electron chi connectivity index (χ2n) is 4.73. The molecule has 0 saturated heterocycles. The molecular formula is C11H25N3O3S. The Bertz CT molecular complexity index is 330. The molecule has 0 unspecified atom stereocenters. The van der Waals surface area contributed by atoms with Crippen molar-refractivity contribution in [3.8, 4) is 0 Å². The third-order valence-electron chi connectivity index (χ3n) is 3.06. The van der Waals surface area contributed by atoms with Crippen LogP contribution in [0, 0.1) is 0 Å². The number of hydrogen-bond donors (Lipinski definition) is 1. The maximum absolute atomic E-state index is 12.1. The van der Waals surface area contributed by atoms with E-state index in [4.69, 9.17) is 4.74 Å². The predicted molar refractivity (Wildman–Crippen MR) is 71.7 cm³/mol. The van der Waals surface area contributed by atoms with E-state index in [0.717, 1.165) is 13.0 Å². The third kappa shape index (κ3) is 5.19. The van der Waals surface area contributed by atoms with Crippen molar-refractivity contribution in [2.24, 2.45) is 0 Å². The molecule has 108 valence electrons. The average molecular weight is 279 g/mol. The number of ether oxygens (including phenoxy) is 1. The molecule has 1 aliphatic rings. The minimum Gasteiger partial charge on any atom is -0.383 e. The van der Waals surface area contributed by atoms with Gasteiger partial charge in [-0.05, 0) is 25.8 Å². The molecule has 0 spiro atoms. The molecule has 7 heteroatoms. The molecule has 1 aliphatic carbocycles. The summed E-state index contributed by atoms with van der Waals surface area (Å²) in [5.74, 6) is 0. The Morgan fingerprint density at radius 3 is 2.39 bits per heavy atom. The molecule has 0 heterocycles. The first-order valence-corrected chi connectivity index (χ1v) is 7.78. The van der Waals surface area contributed by atoms with Crippen LogP contribution in [-0.4, -0.2) is 70.5 Å². The van der Waals surface area contributed by atoms with Gasteiger partial charge in [0, 0.05) is 40.3 Å². The molecule has 6 nitrogen and oxygen atoms in total. The summed E-state index contributed by atoms with van der Waals surface area (Å²) in [6, 6.07) is 0.677. The van der Waals surface area contributed by atoms with Gasteiger partial charge in [0.05, 0.1) is 6.61 Å². The lowest BCUT2D eigenvalue weighted by Gasteiger charge is -2.24. The maximum atomic E-state index is 12.1. The van der Waals surface area contributed by atoms with Crippen LogP contribution < -0.4 is 5.32 Å². The van der Waals surface area contributed by atoms with Gasteiger partial charge >= 0.3 is 0 Å². The minimum atomic E-state index is -3.34. The Kier molecular flexibility index (Phi) is 6.51. The number of nitrogens with zero attached hydrogens (tertiary/aromatic N) is 2. The molecule has 0 amide bonds. The zero-order valence-corrected chi connectivity index (χ0v) is 12.4. The Labute approximate surface area is 110 Å². The molecular weight excluding hydrogens is 254 g/mol. The highest BCUT2D eigenvalue weighted by Crippen LogP contribution is 2.18. The second kappa shape index (κ2) is 7.40. The fourth-order valence-corrected chi connectivity index (χ4v) is 2.72. The van der Waals surface area contributed by atoms with Crippen LogP contribution in [0.4, 0.5) is 0 Å². The molecule has 0 aliphatic heterocycles. The first-order chi connectivity index (χ1) is 8.48. The molecule has 1 saturated carbocycles. The molecule has 0 atom stereocenters. The van der Waals surface area contributed by atoms with Gasteiger partial charge in [-0.2, -0.15) is 17.0 Å². The average Bonchev–Trinajstić information content (AvgIpc) is 3.15. The SMILES string of the molecule is COCCN(C)S(=O)(=O)N(C)CCCNC1CC1. The quantitative estimate of drug-likeness (QED) is 0.567. The van der Waals surface area contributed by atoms with Gasteiger partial charge in [0.2, 0.25) is 0 Å². The molecule has 0 aromatic carbocycles. The van der Waals surface area contributed by atoms with Crippen LogP contribution in [0.15, 0.2) is 0 Å². The Morgan fingerprint density at radius 1 is 1.22 bits per heavy atom. The predicted octanol–water partition coefficient (Wildman–Crippen LogP) is -0.117. The summed E-state index contributed by atoms with van der Waals surface area (Å²) in [4.78, 5) is 0. The lowest BCUT2D eigenvalue weighted by molar-refractivity contribution is 0.183. The lowest BCUT2D eigenvalue weighted by Crippen LogP contribution is -2.41. The van der Waals surface area contributed by atoms with Gasteiger partial charge in [0.25, 0.3) is 10.2 Å². The summed E-state index contributed by atoms with van der Waals surface area (Å²) >= 11 is 0. The number of nitrogens with one attached hydrogen (secondary N) is 1. The summed E-state index contributed by atoms with van der Waals surface area (Å²) in [5, 5.41) is 3.37. The van der Waals surface area contributed by atoms with E-state index in [9.17, 15) is 8.42 Å². The van der Waals surface area contributed by atoms with Crippen LogP contribution in [-0.2, 0) is 14.9 Å². The number of likely N-dealkylation sites (N-methyl/N-ethyl adjacent to an activating group) is 1. The number of rotatable bonds is 10. The van der Waals surface area contributed by atoms with E-state index in [1.807, 2.05) is 0 Å². The first kappa shape index (κ1) is 15.8. The van der Waals surface area contributed by atoms with Crippen molar-refractivity contribution in [3.63, 3.8) is 0 Å². The van der Waals surface area contributed by atoms with Crippen molar-refractivity contribution in [2.45, 2.75) is 25.3 Å².